The number of benzene rings is 1. The molecule has 1 fully saturated rings. The number of aldehydes is 1. The van der Waals surface area contributed by atoms with Crippen molar-refractivity contribution in [2.75, 3.05) is 0 Å². The first-order chi connectivity index (χ1) is 10.2. The van der Waals surface area contributed by atoms with Crippen molar-refractivity contribution in [3.63, 3.8) is 0 Å². The van der Waals surface area contributed by atoms with Gasteiger partial charge in [-0.3, -0.25) is 4.79 Å². The molecule has 21 heavy (non-hydrogen) atoms. The van der Waals surface area contributed by atoms with Gasteiger partial charge in [0, 0.05) is 5.56 Å². The van der Waals surface area contributed by atoms with Gasteiger partial charge in [0.1, 0.15) is 6.29 Å². The molecule has 0 radical (unpaired) electrons. The monoisotopic (exact) mass is 280 g/mol. The third kappa shape index (κ3) is 1.86. The summed E-state index contributed by atoms with van der Waals surface area (Å²) in [6.45, 7) is 4.86. The second-order valence-electron chi connectivity index (χ2n) is 7.47. The molecule has 6 atom stereocenters. The van der Waals surface area contributed by atoms with E-state index in [-0.39, 0.29) is 0 Å². The van der Waals surface area contributed by atoms with Gasteiger partial charge in [0.15, 0.2) is 0 Å². The van der Waals surface area contributed by atoms with Gasteiger partial charge in [0.25, 0.3) is 0 Å². The van der Waals surface area contributed by atoms with Gasteiger partial charge in [0.05, 0.1) is 0 Å². The smallest absolute Gasteiger partial charge is 0.150 e. The fraction of sp³-hybridized carbons (Fsp3) is 0.550. The van der Waals surface area contributed by atoms with Crippen molar-refractivity contribution in [3.05, 3.63) is 47.0 Å². The van der Waals surface area contributed by atoms with Gasteiger partial charge in [-0.1, -0.05) is 44.2 Å². The number of carbonyl (C=O) groups excluding carboxylic acids is 1. The molecule has 3 aliphatic carbocycles. The van der Waals surface area contributed by atoms with E-state index in [9.17, 15) is 4.79 Å². The van der Waals surface area contributed by atoms with Crippen molar-refractivity contribution < 1.29 is 4.79 Å². The van der Waals surface area contributed by atoms with Gasteiger partial charge < -0.3 is 0 Å². The quantitative estimate of drug-likeness (QED) is 0.542. The van der Waals surface area contributed by atoms with Crippen molar-refractivity contribution in [1.82, 2.24) is 0 Å². The Balaban J connectivity index is 1.75. The highest BCUT2D eigenvalue weighted by Crippen LogP contribution is 2.57. The van der Waals surface area contributed by atoms with Crippen molar-refractivity contribution in [1.29, 1.82) is 0 Å². The Bertz CT molecular complexity index is 600. The number of allylic oxidation sites excluding steroid dienone is 2. The summed E-state index contributed by atoms with van der Waals surface area (Å²) < 4.78 is 0. The fourth-order valence-electron chi connectivity index (χ4n) is 5.78. The lowest BCUT2D eigenvalue weighted by Crippen LogP contribution is -2.40. The Morgan fingerprint density at radius 3 is 2.90 bits per heavy atom. The van der Waals surface area contributed by atoms with E-state index in [4.69, 9.17) is 0 Å². The summed E-state index contributed by atoms with van der Waals surface area (Å²) >= 11 is 0. The second kappa shape index (κ2) is 4.83. The largest absolute Gasteiger partial charge is 0.298 e. The summed E-state index contributed by atoms with van der Waals surface area (Å²) in [5.74, 6) is 4.50. The first-order valence-electron chi connectivity index (χ1n) is 8.44. The summed E-state index contributed by atoms with van der Waals surface area (Å²) in [6, 6.07) is 6.31. The van der Waals surface area contributed by atoms with E-state index in [1.807, 2.05) is 6.07 Å². The average Bonchev–Trinajstić information content (AvgIpc) is 2.86. The fourth-order valence-corrected chi connectivity index (χ4v) is 5.78. The van der Waals surface area contributed by atoms with Gasteiger partial charge in [0.2, 0.25) is 0 Å². The van der Waals surface area contributed by atoms with E-state index in [2.05, 4.69) is 38.1 Å². The first kappa shape index (κ1) is 13.3. The summed E-state index contributed by atoms with van der Waals surface area (Å²) in [5, 5.41) is 0. The molecule has 1 aromatic carbocycles. The average molecular weight is 280 g/mol. The lowest BCUT2D eigenvalue weighted by Gasteiger charge is -2.47. The molecular formula is C20H24O. The molecule has 0 N–H and O–H groups in total. The number of hydrogen-bond donors (Lipinski definition) is 0. The molecule has 6 unspecified atom stereocenters. The maximum Gasteiger partial charge on any atom is 0.150 e. The number of carbonyl (C=O) groups is 1. The van der Waals surface area contributed by atoms with Crippen LogP contribution in [0.5, 0.6) is 0 Å². The van der Waals surface area contributed by atoms with Crippen molar-refractivity contribution in [2.24, 2.45) is 29.6 Å². The molecule has 1 saturated carbocycles. The Kier molecular flexibility index (Phi) is 3.06. The van der Waals surface area contributed by atoms with Crippen LogP contribution in [0, 0.1) is 29.6 Å². The number of rotatable bonds is 1. The first-order valence-corrected chi connectivity index (χ1v) is 8.44. The standard InChI is InChI=1S/C20H24O/c1-12-5-3-6-14-10-18-17(13(2)19(12)14)9-15-7-4-8-16(11-21)20(15)18/h3-5,7-8,11-14,17-19H,6,9-10H2,1-2H3. The van der Waals surface area contributed by atoms with Crippen molar-refractivity contribution in [3.8, 4) is 0 Å². The van der Waals surface area contributed by atoms with Crippen LogP contribution in [0.25, 0.3) is 0 Å². The normalized spacial score (nSPS) is 40.3. The molecule has 0 aliphatic heterocycles. The molecule has 0 amide bonds. The molecule has 0 aromatic heterocycles. The molecule has 110 valence electrons. The van der Waals surface area contributed by atoms with Crippen molar-refractivity contribution in [2.45, 2.75) is 39.0 Å². The minimum Gasteiger partial charge on any atom is -0.298 e. The second-order valence-corrected chi connectivity index (χ2v) is 7.47. The molecule has 0 spiro atoms. The molecule has 0 saturated heterocycles. The van der Waals surface area contributed by atoms with Gasteiger partial charge in [-0.05, 0) is 65.9 Å². The van der Waals surface area contributed by atoms with Gasteiger partial charge in [-0.2, -0.15) is 0 Å². The minimum absolute atomic E-state index is 0.622. The Morgan fingerprint density at radius 1 is 1.24 bits per heavy atom. The maximum atomic E-state index is 11.4. The number of hydrogen-bond acceptors (Lipinski definition) is 1. The van der Waals surface area contributed by atoms with Crippen LogP contribution >= 0.6 is 0 Å². The zero-order chi connectivity index (χ0) is 14.6. The van der Waals surface area contributed by atoms with Crippen LogP contribution in [0.4, 0.5) is 0 Å². The molecule has 0 heterocycles. The molecular weight excluding hydrogens is 256 g/mol. The minimum atomic E-state index is 0.622. The van der Waals surface area contributed by atoms with Crippen LogP contribution in [0.15, 0.2) is 30.4 Å². The van der Waals surface area contributed by atoms with Gasteiger partial charge >= 0.3 is 0 Å². The molecule has 1 nitrogen and oxygen atoms in total. The van der Waals surface area contributed by atoms with Crippen LogP contribution in [0.1, 0.15) is 54.1 Å². The molecule has 3 aliphatic rings. The lowest BCUT2D eigenvalue weighted by atomic mass is 9.57. The van der Waals surface area contributed by atoms with Crippen LogP contribution in [-0.4, -0.2) is 6.29 Å². The number of fused-ring (bicyclic) bond motifs is 4. The third-order valence-corrected chi connectivity index (χ3v) is 6.57. The van der Waals surface area contributed by atoms with E-state index < -0.39 is 0 Å². The van der Waals surface area contributed by atoms with E-state index in [1.165, 1.54) is 30.4 Å². The third-order valence-electron chi connectivity index (χ3n) is 6.57. The van der Waals surface area contributed by atoms with Gasteiger partial charge in [-0.15, -0.1) is 0 Å². The van der Waals surface area contributed by atoms with Crippen LogP contribution in [0.2, 0.25) is 0 Å². The molecule has 4 rings (SSSR count). The highest BCUT2D eigenvalue weighted by Gasteiger charge is 2.48. The summed E-state index contributed by atoms with van der Waals surface area (Å²) in [6.07, 6.45) is 9.59. The van der Waals surface area contributed by atoms with Crippen LogP contribution in [0.3, 0.4) is 0 Å². The van der Waals surface area contributed by atoms with Crippen molar-refractivity contribution >= 4 is 6.29 Å². The summed E-state index contributed by atoms with van der Waals surface area (Å²) in [7, 11) is 0. The zero-order valence-electron chi connectivity index (χ0n) is 13.0. The molecule has 1 heteroatoms. The maximum absolute atomic E-state index is 11.4. The zero-order valence-corrected chi connectivity index (χ0v) is 13.0. The van der Waals surface area contributed by atoms with Gasteiger partial charge in [-0.25, -0.2) is 0 Å². The topological polar surface area (TPSA) is 17.1 Å². The Hall–Kier alpha value is -1.37. The van der Waals surface area contributed by atoms with E-state index >= 15 is 0 Å². The SMILES string of the molecule is CC1C=CCC2CC3c4c(C=O)cccc4CC3C(C)C12. The highest BCUT2D eigenvalue weighted by atomic mass is 16.1. The van der Waals surface area contributed by atoms with E-state index in [0.29, 0.717) is 11.8 Å². The van der Waals surface area contributed by atoms with E-state index in [0.717, 1.165) is 35.5 Å². The molecule has 0 bridgehead atoms. The predicted molar refractivity (Wildman–Crippen MR) is 85.4 cm³/mol. The highest BCUT2D eigenvalue weighted by molar-refractivity contribution is 5.79. The summed E-state index contributed by atoms with van der Waals surface area (Å²) in [4.78, 5) is 11.4. The predicted octanol–water partition coefficient (Wildman–Crippen LogP) is 4.62. The van der Waals surface area contributed by atoms with Crippen LogP contribution in [-0.2, 0) is 6.42 Å². The Morgan fingerprint density at radius 2 is 2.10 bits per heavy atom. The summed E-state index contributed by atoms with van der Waals surface area (Å²) in [5.41, 5.74) is 3.79. The van der Waals surface area contributed by atoms with E-state index in [1.54, 1.807) is 0 Å². The lowest BCUT2D eigenvalue weighted by molar-refractivity contribution is 0.0582. The molecule has 1 aromatic rings. The Labute approximate surface area is 127 Å². The van der Waals surface area contributed by atoms with Crippen LogP contribution < -0.4 is 0 Å².